The Bertz CT molecular complexity index is 452. The van der Waals surface area contributed by atoms with Crippen molar-refractivity contribution in [1.29, 1.82) is 0 Å². The van der Waals surface area contributed by atoms with Gasteiger partial charge in [0.25, 0.3) is 11.8 Å². The summed E-state index contributed by atoms with van der Waals surface area (Å²) in [6.07, 6.45) is -9.86. The van der Waals surface area contributed by atoms with Gasteiger partial charge in [-0.2, -0.15) is 17.6 Å². The van der Waals surface area contributed by atoms with Crippen LogP contribution in [-0.4, -0.2) is 48.7 Å². The molecule has 2 fully saturated rings. The summed E-state index contributed by atoms with van der Waals surface area (Å²) in [5, 5.41) is 0. The van der Waals surface area contributed by atoms with Gasteiger partial charge in [-0.15, -0.1) is 0 Å². The van der Waals surface area contributed by atoms with Gasteiger partial charge >= 0.3 is 17.7 Å². The van der Waals surface area contributed by atoms with Gasteiger partial charge in [-0.25, -0.2) is 35.1 Å². The molecule has 0 aromatic carbocycles. The first-order valence-corrected chi connectivity index (χ1v) is 6.23. The molecule has 0 aromatic rings. The van der Waals surface area contributed by atoms with Crippen molar-refractivity contribution in [3.05, 3.63) is 0 Å². The Kier molecular flexibility index (Phi) is 5.41. The van der Waals surface area contributed by atoms with Crippen molar-refractivity contribution in [2.24, 2.45) is 0 Å². The highest BCUT2D eigenvalue weighted by Crippen LogP contribution is 2.61. The number of rotatable bonds is 2. The Morgan fingerprint density at radius 1 is 0.833 bits per heavy atom. The second-order valence-corrected chi connectivity index (χ2v) is 5.25. The van der Waals surface area contributed by atoms with Crippen LogP contribution in [0.25, 0.3) is 0 Å². The third-order valence-corrected chi connectivity index (χ3v) is 3.52. The molecule has 13 heteroatoms. The maximum absolute atomic E-state index is 12.5. The van der Waals surface area contributed by atoms with E-state index in [1.807, 2.05) is 0 Å². The van der Waals surface area contributed by atoms with Crippen LogP contribution in [0.15, 0.2) is 0 Å². The van der Waals surface area contributed by atoms with Gasteiger partial charge < -0.3 is 4.74 Å². The minimum atomic E-state index is -5.34. The molecule has 2 rings (SSSR count). The van der Waals surface area contributed by atoms with Gasteiger partial charge in [0, 0.05) is 19.3 Å². The van der Waals surface area contributed by atoms with Crippen LogP contribution in [0.3, 0.4) is 0 Å². The van der Waals surface area contributed by atoms with Gasteiger partial charge in [0.1, 0.15) is 0 Å². The van der Waals surface area contributed by atoms with Crippen molar-refractivity contribution in [3.8, 4) is 0 Å². The molecular formula is C11H10F12O. The van der Waals surface area contributed by atoms with Crippen molar-refractivity contribution in [2.75, 3.05) is 6.86 Å². The van der Waals surface area contributed by atoms with Gasteiger partial charge in [-0.3, -0.25) is 0 Å². The van der Waals surface area contributed by atoms with E-state index >= 15 is 0 Å². The zero-order valence-electron chi connectivity index (χ0n) is 11.4. The maximum Gasteiger partial charge on any atom is 0.373 e. The van der Waals surface area contributed by atoms with Gasteiger partial charge in [0.2, 0.25) is 6.17 Å². The lowest BCUT2D eigenvalue weighted by molar-refractivity contribution is -0.468. The molecule has 0 radical (unpaired) electrons. The van der Waals surface area contributed by atoms with Crippen LogP contribution in [0.2, 0.25) is 0 Å². The molecule has 3 unspecified atom stereocenters. The van der Waals surface area contributed by atoms with E-state index in [0.717, 1.165) is 0 Å². The van der Waals surface area contributed by atoms with Gasteiger partial charge in [-0.05, 0) is 0 Å². The number of alkyl halides is 12. The molecule has 2 aliphatic rings. The van der Waals surface area contributed by atoms with Crippen molar-refractivity contribution in [1.82, 2.24) is 0 Å². The summed E-state index contributed by atoms with van der Waals surface area (Å²) in [5.41, 5.74) is 0. The van der Waals surface area contributed by atoms with E-state index in [9.17, 15) is 52.7 Å². The monoisotopic (exact) mass is 386 g/mol. The van der Waals surface area contributed by atoms with E-state index in [1.165, 1.54) is 0 Å². The van der Waals surface area contributed by atoms with Crippen LogP contribution in [0.4, 0.5) is 52.7 Å². The lowest BCUT2D eigenvalue weighted by Gasteiger charge is -2.49. The van der Waals surface area contributed by atoms with Crippen LogP contribution >= 0.6 is 0 Å². The molecule has 144 valence electrons. The van der Waals surface area contributed by atoms with Crippen LogP contribution < -0.4 is 0 Å². The normalized spacial score (nSPS) is 38.5. The maximum atomic E-state index is 12.5. The molecular weight excluding hydrogens is 376 g/mol. The molecule has 0 heterocycles. The fourth-order valence-electron chi connectivity index (χ4n) is 1.96. The van der Waals surface area contributed by atoms with E-state index in [4.69, 9.17) is 0 Å². The zero-order valence-corrected chi connectivity index (χ0v) is 11.4. The summed E-state index contributed by atoms with van der Waals surface area (Å²) in [6.45, 7) is -2.11. The molecule has 2 saturated carbocycles. The van der Waals surface area contributed by atoms with E-state index in [0.29, 0.717) is 0 Å². The molecule has 1 nitrogen and oxygen atoms in total. The first kappa shape index (κ1) is 21.2. The second kappa shape index (κ2) is 6.13. The molecule has 0 aliphatic heterocycles. The third-order valence-electron chi connectivity index (χ3n) is 3.52. The standard InChI is InChI=1S/C6H7F5.C5H3F7O/c7-4-3-5(8,9)1-2-6(4,10)11;6-1-13-4(10)2(7)3(8,9)5(4,11)12/h4H,1-3H2;2H,1H2. The predicted octanol–water partition coefficient (Wildman–Crippen LogP) is 5.00. The highest BCUT2D eigenvalue weighted by molar-refractivity contribution is 5.18. The fourth-order valence-corrected chi connectivity index (χ4v) is 1.96. The average Bonchev–Trinajstić information content (AvgIpc) is 2.43. The van der Waals surface area contributed by atoms with Gasteiger partial charge in [-0.1, -0.05) is 0 Å². The Morgan fingerprint density at radius 3 is 1.67 bits per heavy atom. The highest BCUT2D eigenvalue weighted by Gasteiger charge is 2.91. The van der Waals surface area contributed by atoms with Crippen LogP contribution in [0, 0.1) is 0 Å². The average molecular weight is 386 g/mol. The molecule has 0 spiro atoms. The van der Waals surface area contributed by atoms with Crippen molar-refractivity contribution in [3.63, 3.8) is 0 Å². The molecule has 2 aliphatic carbocycles. The number of hydrogen-bond acceptors (Lipinski definition) is 1. The fraction of sp³-hybridized carbons (Fsp3) is 1.00. The summed E-state index contributed by atoms with van der Waals surface area (Å²) in [6, 6.07) is 0. The van der Waals surface area contributed by atoms with Crippen molar-refractivity contribution in [2.45, 2.75) is 61.2 Å². The summed E-state index contributed by atoms with van der Waals surface area (Å²) < 4.78 is 148. The largest absolute Gasteiger partial charge is 0.373 e. The molecule has 0 aromatic heterocycles. The van der Waals surface area contributed by atoms with Gasteiger partial charge in [0.05, 0.1) is 0 Å². The Morgan fingerprint density at radius 2 is 1.33 bits per heavy atom. The first-order valence-electron chi connectivity index (χ1n) is 6.23. The number of hydrogen-bond donors (Lipinski definition) is 0. The van der Waals surface area contributed by atoms with E-state index in [-0.39, 0.29) is 0 Å². The molecule has 3 atom stereocenters. The van der Waals surface area contributed by atoms with Crippen LogP contribution in [0.5, 0.6) is 0 Å². The highest BCUT2D eigenvalue weighted by atomic mass is 19.3. The smallest absolute Gasteiger partial charge is 0.307 e. The predicted molar refractivity (Wildman–Crippen MR) is 54.3 cm³/mol. The van der Waals surface area contributed by atoms with E-state index < -0.39 is 68.0 Å². The Hall–Kier alpha value is -0.880. The topological polar surface area (TPSA) is 9.23 Å². The molecule has 24 heavy (non-hydrogen) atoms. The van der Waals surface area contributed by atoms with Gasteiger partial charge in [0.15, 0.2) is 13.0 Å². The van der Waals surface area contributed by atoms with Crippen LogP contribution in [0.1, 0.15) is 19.3 Å². The molecule has 0 amide bonds. The first-order chi connectivity index (χ1) is 10.6. The molecule has 0 N–H and O–H groups in total. The summed E-state index contributed by atoms with van der Waals surface area (Å²) in [5.74, 6) is -21.9. The van der Waals surface area contributed by atoms with E-state index in [2.05, 4.69) is 4.74 Å². The zero-order chi connectivity index (χ0) is 19.2. The lowest BCUT2D eigenvalue weighted by atomic mass is 9.80. The number of ether oxygens (including phenoxy) is 1. The van der Waals surface area contributed by atoms with Crippen LogP contribution in [-0.2, 0) is 4.74 Å². The van der Waals surface area contributed by atoms with Crippen molar-refractivity contribution < 1.29 is 57.4 Å². The minimum Gasteiger partial charge on any atom is -0.307 e. The molecule has 0 bridgehead atoms. The number of halogens is 12. The second-order valence-electron chi connectivity index (χ2n) is 5.25. The van der Waals surface area contributed by atoms with E-state index in [1.54, 1.807) is 0 Å². The quantitative estimate of drug-likeness (QED) is 0.608. The Balaban J connectivity index is 0.000000243. The summed E-state index contributed by atoms with van der Waals surface area (Å²) in [4.78, 5) is 0. The minimum absolute atomic E-state index is 0.916. The summed E-state index contributed by atoms with van der Waals surface area (Å²) in [7, 11) is 0. The Labute approximate surface area is 126 Å². The lowest BCUT2D eigenvalue weighted by Crippen LogP contribution is -2.79. The third kappa shape index (κ3) is 3.27. The summed E-state index contributed by atoms with van der Waals surface area (Å²) >= 11 is 0. The van der Waals surface area contributed by atoms with Crippen molar-refractivity contribution >= 4 is 0 Å². The SMILES string of the molecule is FC1CC(F)(F)CCC1(F)F.FCOC1(F)C(F)C(F)(F)C1(F)F. The molecule has 0 saturated heterocycles.